The molecule has 6 atom stereocenters. The van der Waals surface area contributed by atoms with Crippen LogP contribution >= 0.6 is 0 Å². The Labute approximate surface area is 269 Å². The second-order valence-corrected chi connectivity index (χ2v) is 13.4. The number of nitrogens with two attached hydrogens (primary N) is 1. The van der Waals surface area contributed by atoms with Crippen LogP contribution in [0, 0.1) is 31.0 Å². The summed E-state index contributed by atoms with van der Waals surface area (Å²) < 4.78 is 71.5. The maximum atomic E-state index is 17.0. The molecule has 1 saturated carbocycles. The average molecular weight is 629 g/mol. The molecule has 3 saturated heterocycles. The molecule has 0 spiro atoms. The average Bonchev–Trinajstić information content (AvgIpc) is 3.45. The van der Waals surface area contributed by atoms with Crippen LogP contribution in [0.25, 0.3) is 32.9 Å². The number of nitrogens with zero attached hydrogens (tertiary/aromatic N) is 5. The summed E-state index contributed by atoms with van der Waals surface area (Å²) >= 11 is 0. The van der Waals surface area contributed by atoms with Gasteiger partial charge in [-0.3, -0.25) is 9.88 Å². The molecule has 10 heteroatoms. The minimum atomic E-state index is -2.41. The number of ether oxygens (including phenoxy) is 1. The molecule has 238 valence electrons. The lowest BCUT2D eigenvalue weighted by atomic mass is 9.93. The van der Waals surface area contributed by atoms with Crippen molar-refractivity contribution in [3.63, 3.8) is 0 Å². The Morgan fingerprint density at radius 3 is 2.87 bits per heavy atom. The molecule has 4 aliphatic rings. The van der Waals surface area contributed by atoms with E-state index in [-0.39, 0.29) is 34.8 Å². The molecule has 2 N–H and O–H groups in total. The van der Waals surface area contributed by atoms with Gasteiger partial charge in [-0.05, 0) is 69.2 Å². The maximum absolute atomic E-state index is 17.0. The summed E-state index contributed by atoms with van der Waals surface area (Å²) in [5, 5.41) is 1.59. The molecule has 3 aliphatic heterocycles. The first-order valence-electron chi connectivity index (χ1n) is 17.1. The number of alkyl halides is 2. The number of rotatable bonds is 5. The number of terminal acetylenes is 1. The number of halogens is 3. The zero-order valence-corrected chi connectivity index (χ0v) is 25.9. The van der Waals surface area contributed by atoms with Crippen molar-refractivity contribution in [2.45, 2.75) is 82.3 Å². The van der Waals surface area contributed by atoms with Crippen LogP contribution < -0.4 is 15.4 Å². The van der Waals surface area contributed by atoms with E-state index in [1.165, 1.54) is 6.20 Å². The van der Waals surface area contributed by atoms with E-state index >= 15 is 13.2 Å². The Morgan fingerprint density at radius 2 is 2.04 bits per heavy atom. The highest BCUT2D eigenvalue weighted by Gasteiger charge is 2.56. The fourth-order valence-electron chi connectivity index (χ4n) is 8.24. The topological polar surface area (TPSA) is 80.4 Å². The van der Waals surface area contributed by atoms with Crippen LogP contribution in [0.2, 0.25) is 0 Å². The number of anilines is 2. The van der Waals surface area contributed by atoms with Crippen LogP contribution in [0.3, 0.4) is 0 Å². The lowest BCUT2D eigenvalue weighted by molar-refractivity contribution is 0.0879. The first-order chi connectivity index (χ1) is 23.0. The molecule has 4 aromatic rings. The van der Waals surface area contributed by atoms with Gasteiger partial charge in [0.1, 0.15) is 35.9 Å². The Bertz CT molecular complexity index is 2020. The van der Waals surface area contributed by atoms with Crippen molar-refractivity contribution in [2.75, 3.05) is 30.3 Å². The largest absolute Gasteiger partial charge is 0.461 e. The number of nitrogen functional groups attached to an aromatic ring is 1. The van der Waals surface area contributed by atoms with Gasteiger partial charge in [-0.25, -0.2) is 13.2 Å². The molecule has 2 aromatic heterocycles. The van der Waals surface area contributed by atoms with E-state index in [0.29, 0.717) is 48.1 Å². The van der Waals surface area contributed by atoms with Crippen LogP contribution in [0.5, 0.6) is 6.01 Å². The van der Waals surface area contributed by atoms with Gasteiger partial charge in [-0.2, -0.15) is 9.97 Å². The van der Waals surface area contributed by atoms with Crippen molar-refractivity contribution in [1.82, 2.24) is 19.9 Å². The van der Waals surface area contributed by atoms with Crippen LogP contribution in [0.4, 0.5) is 24.7 Å². The van der Waals surface area contributed by atoms with Gasteiger partial charge in [0.05, 0.1) is 19.7 Å². The van der Waals surface area contributed by atoms with Gasteiger partial charge < -0.3 is 15.4 Å². The monoisotopic (exact) mass is 628 g/mol. The first-order valence-corrected chi connectivity index (χ1v) is 16.1. The van der Waals surface area contributed by atoms with E-state index in [4.69, 9.17) is 19.6 Å². The van der Waals surface area contributed by atoms with Crippen LogP contribution in [0.15, 0.2) is 30.5 Å². The summed E-state index contributed by atoms with van der Waals surface area (Å²) in [5.74, 6) is 2.01. The van der Waals surface area contributed by atoms with E-state index in [2.05, 4.69) is 20.9 Å². The third-order valence-corrected chi connectivity index (χ3v) is 10.7. The van der Waals surface area contributed by atoms with Crippen molar-refractivity contribution in [3.8, 4) is 29.6 Å². The zero-order valence-electron chi connectivity index (χ0n) is 27.9. The highest BCUT2D eigenvalue weighted by Crippen LogP contribution is 2.48. The van der Waals surface area contributed by atoms with Crippen LogP contribution in [-0.2, 0) is 0 Å². The number of pyridine rings is 1. The summed E-state index contributed by atoms with van der Waals surface area (Å²) in [5.41, 5.74) is 7.04. The highest BCUT2D eigenvalue weighted by molar-refractivity contribution is 6.04. The van der Waals surface area contributed by atoms with Crippen LogP contribution in [-0.4, -0.2) is 69.5 Å². The molecule has 1 aliphatic carbocycles. The van der Waals surface area contributed by atoms with Gasteiger partial charge in [-0.1, -0.05) is 24.5 Å². The SMILES string of the molecule is [2H]C([2H])(Oc1nc(N2CCCC[C@H]3[C@H](F)[C@H]32)c2cnc(-c3cc(N)cc4ccc(C)c(C#C)c34)c(F)c2n1)[C@@]12CCCN1[C@H](C)[C@H](F)C2. The van der Waals surface area contributed by atoms with E-state index in [1.54, 1.807) is 19.1 Å². The smallest absolute Gasteiger partial charge is 0.319 e. The third kappa shape index (κ3) is 4.42. The molecule has 8 rings (SSSR count). The summed E-state index contributed by atoms with van der Waals surface area (Å²) in [6.07, 6.45) is 8.55. The molecule has 46 heavy (non-hydrogen) atoms. The first kappa shape index (κ1) is 27.1. The van der Waals surface area contributed by atoms with Gasteiger partial charge in [0.25, 0.3) is 0 Å². The Balaban J connectivity index is 1.32. The molecule has 7 nitrogen and oxygen atoms in total. The zero-order chi connectivity index (χ0) is 33.7. The van der Waals surface area contributed by atoms with Gasteiger partial charge >= 0.3 is 6.01 Å². The fraction of sp³-hybridized carbons (Fsp3) is 0.472. The van der Waals surface area contributed by atoms with E-state index < -0.39 is 48.4 Å². The molecule has 5 heterocycles. The van der Waals surface area contributed by atoms with Crippen molar-refractivity contribution in [2.24, 2.45) is 5.92 Å². The Hall–Kier alpha value is -4.10. The minimum absolute atomic E-state index is 0.0388. The van der Waals surface area contributed by atoms with Crippen molar-refractivity contribution in [1.29, 1.82) is 0 Å². The lowest BCUT2D eigenvalue weighted by Gasteiger charge is -2.33. The predicted molar refractivity (Wildman–Crippen MR) is 174 cm³/mol. The van der Waals surface area contributed by atoms with Crippen molar-refractivity contribution in [3.05, 3.63) is 47.4 Å². The Morgan fingerprint density at radius 1 is 1.20 bits per heavy atom. The van der Waals surface area contributed by atoms with E-state index in [0.717, 1.165) is 30.2 Å². The summed E-state index contributed by atoms with van der Waals surface area (Å²) in [6.45, 7) is 2.24. The summed E-state index contributed by atoms with van der Waals surface area (Å²) in [6, 6.07) is 5.83. The predicted octanol–water partition coefficient (Wildman–Crippen LogP) is 6.53. The van der Waals surface area contributed by atoms with E-state index in [1.807, 2.05) is 28.9 Å². The highest BCUT2D eigenvalue weighted by atomic mass is 19.1. The van der Waals surface area contributed by atoms with Crippen molar-refractivity contribution >= 4 is 33.2 Å². The van der Waals surface area contributed by atoms with Gasteiger partial charge in [-0.15, -0.1) is 6.42 Å². The van der Waals surface area contributed by atoms with Gasteiger partial charge in [0.2, 0.25) is 0 Å². The minimum Gasteiger partial charge on any atom is -0.461 e. The van der Waals surface area contributed by atoms with Gasteiger partial charge in [0, 0.05) is 53.3 Å². The molecule has 4 fully saturated rings. The maximum Gasteiger partial charge on any atom is 0.319 e. The quantitative estimate of drug-likeness (QED) is 0.199. The number of aryl methyl sites for hydroxylation is 1. The normalized spacial score (nSPS) is 30.0. The second-order valence-electron chi connectivity index (χ2n) is 13.4. The van der Waals surface area contributed by atoms with Crippen LogP contribution in [0.1, 0.15) is 59.3 Å². The number of fused-ring (bicyclic) bond motifs is 4. The Kier molecular flexibility index (Phi) is 6.31. The fourth-order valence-corrected chi connectivity index (χ4v) is 8.24. The molecule has 0 amide bonds. The number of hydrogen-bond donors (Lipinski definition) is 1. The number of aromatic nitrogens is 3. The number of hydrogen-bond acceptors (Lipinski definition) is 7. The third-order valence-electron chi connectivity index (χ3n) is 10.7. The molecular formula is C36H37F3N6O. The molecule has 0 radical (unpaired) electrons. The second kappa shape index (κ2) is 10.7. The summed E-state index contributed by atoms with van der Waals surface area (Å²) in [7, 11) is 0. The standard InChI is InChI=1S/C36H37F3N6O/c1-4-23-19(2)9-10-21-14-22(40)15-25(28(21)23)31-30(39)32-26(17-41-31)34(44-12-6-5-8-24-29(38)33(24)44)43-35(42-32)46-18-36-11-7-13-45(36)20(3)27(37)16-36/h1,9-10,14-15,17,20,24,27,29,33H,5-8,11-13,16,18,40H2,2-3H3/t20-,24+,27-,29+,33+,36+/m1/s1/i18D2. The molecule has 2 aromatic carbocycles. The lowest BCUT2D eigenvalue weighted by Crippen LogP contribution is -2.46. The number of benzene rings is 2. The molecule has 0 unspecified atom stereocenters. The molecule has 0 bridgehead atoms. The van der Waals surface area contributed by atoms with Crippen molar-refractivity contribution < 1.29 is 20.6 Å². The summed E-state index contributed by atoms with van der Waals surface area (Å²) in [4.78, 5) is 17.4. The molecular weight excluding hydrogens is 589 g/mol. The van der Waals surface area contributed by atoms with E-state index in [9.17, 15) is 0 Å². The van der Waals surface area contributed by atoms with Gasteiger partial charge in [0.15, 0.2) is 5.82 Å².